The van der Waals surface area contributed by atoms with E-state index in [0.29, 0.717) is 19.5 Å². The van der Waals surface area contributed by atoms with Crippen molar-refractivity contribution in [3.05, 3.63) is 42.1 Å². The highest BCUT2D eigenvalue weighted by Crippen LogP contribution is 2.25. The smallest absolute Gasteiger partial charge is 0.248 e. The molecule has 1 aromatic heterocycles. The van der Waals surface area contributed by atoms with Gasteiger partial charge in [0, 0.05) is 43.5 Å². The van der Waals surface area contributed by atoms with E-state index in [1.165, 1.54) is 6.92 Å². The Morgan fingerprint density at radius 1 is 1.32 bits per heavy atom. The standard InChI is InChI=1S/C20H25N5O3/c1-12(26)17-20(28)25-11-15(8-16(25)19(27)22-17)21-9-14-10-24(2)23-18(14)13-6-4-3-5-7-13/h3-7,10,12,15-17,21,26H,8-9,11H2,1-2H3,(H,22,27)/t12-,15+,16+,17+/m1/s1. The number of piperazine rings is 1. The fourth-order valence-electron chi connectivity index (χ4n) is 4.05. The molecule has 0 aliphatic carbocycles. The quantitative estimate of drug-likeness (QED) is 0.676. The first-order chi connectivity index (χ1) is 13.4. The van der Waals surface area contributed by atoms with E-state index in [4.69, 9.17) is 0 Å². The summed E-state index contributed by atoms with van der Waals surface area (Å²) in [5.74, 6) is -0.406. The van der Waals surface area contributed by atoms with Crippen LogP contribution in [0.25, 0.3) is 11.3 Å². The molecule has 0 spiro atoms. The highest BCUT2D eigenvalue weighted by molar-refractivity contribution is 5.97. The number of nitrogens with zero attached hydrogens (tertiary/aromatic N) is 3. The molecule has 8 nitrogen and oxygen atoms in total. The third-order valence-corrected chi connectivity index (χ3v) is 5.47. The number of fused-ring (bicyclic) bond motifs is 1. The second kappa shape index (κ2) is 7.37. The Hall–Kier alpha value is -2.71. The van der Waals surface area contributed by atoms with Gasteiger partial charge in [0.1, 0.15) is 12.1 Å². The van der Waals surface area contributed by atoms with Crippen LogP contribution in [0.4, 0.5) is 0 Å². The van der Waals surface area contributed by atoms with Crippen molar-refractivity contribution in [1.82, 2.24) is 25.3 Å². The molecule has 4 atom stereocenters. The van der Waals surface area contributed by atoms with Gasteiger partial charge in [-0.2, -0.15) is 5.10 Å². The van der Waals surface area contributed by atoms with Gasteiger partial charge in [0.05, 0.1) is 11.8 Å². The van der Waals surface area contributed by atoms with Crippen molar-refractivity contribution in [3.8, 4) is 11.3 Å². The van der Waals surface area contributed by atoms with Crippen LogP contribution < -0.4 is 10.6 Å². The van der Waals surface area contributed by atoms with Crippen molar-refractivity contribution in [2.24, 2.45) is 7.05 Å². The normalized spacial score (nSPS) is 25.5. The van der Waals surface area contributed by atoms with Crippen LogP contribution in [0.1, 0.15) is 18.9 Å². The lowest BCUT2D eigenvalue weighted by Crippen LogP contribution is -2.64. The number of hydrogen-bond acceptors (Lipinski definition) is 5. The second-order valence-electron chi connectivity index (χ2n) is 7.59. The third-order valence-electron chi connectivity index (χ3n) is 5.47. The Balaban J connectivity index is 1.45. The average molecular weight is 383 g/mol. The highest BCUT2D eigenvalue weighted by Gasteiger charge is 2.47. The number of benzene rings is 1. The summed E-state index contributed by atoms with van der Waals surface area (Å²) >= 11 is 0. The summed E-state index contributed by atoms with van der Waals surface area (Å²) in [6.45, 7) is 2.57. The van der Waals surface area contributed by atoms with Crippen molar-refractivity contribution >= 4 is 11.8 Å². The summed E-state index contributed by atoms with van der Waals surface area (Å²) in [7, 11) is 1.89. The number of aliphatic hydroxyl groups excluding tert-OH is 1. The van der Waals surface area contributed by atoms with Gasteiger partial charge in [0.2, 0.25) is 11.8 Å². The molecule has 3 N–H and O–H groups in total. The number of amides is 2. The van der Waals surface area contributed by atoms with Crippen molar-refractivity contribution in [3.63, 3.8) is 0 Å². The minimum absolute atomic E-state index is 0.0104. The number of hydrogen-bond donors (Lipinski definition) is 3. The minimum Gasteiger partial charge on any atom is -0.391 e. The number of aliphatic hydroxyl groups is 1. The molecule has 4 rings (SSSR count). The first kappa shape index (κ1) is 18.6. The molecular formula is C20H25N5O3. The topological polar surface area (TPSA) is 99.5 Å². The molecule has 2 fully saturated rings. The lowest BCUT2D eigenvalue weighted by Gasteiger charge is -2.35. The van der Waals surface area contributed by atoms with Gasteiger partial charge < -0.3 is 20.6 Å². The van der Waals surface area contributed by atoms with Gasteiger partial charge in [-0.05, 0) is 13.3 Å². The molecule has 2 aliphatic heterocycles. The third kappa shape index (κ3) is 3.41. The van der Waals surface area contributed by atoms with E-state index in [-0.39, 0.29) is 17.9 Å². The number of aryl methyl sites for hydroxylation is 1. The van der Waals surface area contributed by atoms with Crippen molar-refractivity contribution < 1.29 is 14.7 Å². The maximum absolute atomic E-state index is 12.6. The molecule has 2 aromatic rings. The number of carbonyl (C=O) groups excluding carboxylic acids is 2. The number of carbonyl (C=O) groups is 2. The Bertz CT molecular complexity index is 879. The molecule has 0 radical (unpaired) electrons. The van der Waals surface area contributed by atoms with Crippen LogP contribution in [-0.2, 0) is 23.2 Å². The summed E-state index contributed by atoms with van der Waals surface area (Å²) in [6.07, 6.45) is 1.64. The van der Waals surface area contributed by atoms with E-state index < -0.39 is 18.2 Å². The lowest BCUT2D eigenvalue weighted by atomic mass is 10.0. The van der Waals surface area contributed by atoms with Gasteiger partial charge in [-0.1, -0.05) is 30.3 Å². The van der Waals surface area contributed by atoms with Crippen LogP contribution in [-0.4, -0.2) is 62.4 Å². The monoisotopic (exact) mass is 383 g/mol. The first-order valence-electron chi connectivity index (χ1n) is 9.54. The van der Waals surface area contributed by atoms with Crippen LogP contribution in [0.3, 0.4) is 0 Å². The molecule has 0 saturated carbocycles. The summed E-state index contributed by atoms with van der Waals surface area (Å²) in [6, 6.07) is 8.69. The molecular weight excluding hydrogens is 358 g/mol. The zero-order valence-corrected chi connectivity index (χ0v) is 16.0. The Kier molecular flexibility index (Phi) is 4.91. The van der Waals surface area contributed by atoms with Gasteiger partial charge in [0.25, 0.3) is 0 Å². The molecule has 8 heteroatoms. The van der Waals surface area contributed by atoms with E-state index in [1.807, 2.05) is 43.6 Å². The summed E-state index contributed by atoms with van der Waals surface area (Å²) in [5, 5.41) is 20.4. The van der Waals surface area contributed by atoms with Crippen molar-refractivity contribution in [1.29, 1.82) is 0 Å². The van der Waals surface area contributed by atoms with Gasteiger partial charge in [-0.15, -0.1) is 0 Å². The maximum atomic E-state index is 12.6. The summed E-state index contributed by atoms with van der Waals surface area (Å²) in [4.78, 5) is 26.5. The van der Waals surface area contributed by atoms with E-state index in [0.717, 1.165) is 16.8 Å². The maximum Gasteiger partial charge on any atom is 0.248 e. The van der Waals surface area contributed by atoms with Crippen LogP contribution in [0.2, 0.25) is 0 Å². The lowest BCUT2D eigenvalue weighted by molar-refractivity contribution is -0.149. The van der Waals surface area contributed by atoms with Gasteiger partial charge >= 0.3 is 0 Å². The highest BCUT2D eigenvalue weighted by atomic mass is 16.3. The van der Waals surface area contributed by atoms with Gasteiger partial charge in [-0.3, -0.25) is 14.3 Å². The molecule has 2 aliphatic rings. The first-order valence-corrected chi connectivity index (χ1v) is 9.54. The molecule has 2 saturated heterocycles. The zero-order valence-electron chi connectivity index (χ0n) is 16.0. The van der Waals surface area contributed by atoms with Gasteiger partial charge in [-0.25, -0.2) is 0 Å². The van der Waals surface area contributed by atoms with Crippen LogP contribution in [0.5, 0.6) is 0 Å². The Labute approximate surface area is 163 Å². The fraction of sp³-hybridized carbons (Fsp3) is 0.450. The van der Waals surface area contributed by atoms with Crippen molar-refractivity contribution in [2.45, 2.75) is 44.1 Å². The molecule has 1 aromatic carbocycles. The molecule has 28 heavy (non-hydrogen) atoms. The van der Waals surface area contributed by atoms with E-state index in [9.17, 15) is 14.7 Å². The Morgan fingerprint density at radius 3 is 2.79 bits per heavy atom. The molecule has 2 amide bonds. The molecule has 3 heterocycles. The van der Waals surface area contributed by atoms with Crippen LogP contribution in [0, 0.1) is 0 Å². The average Bonchev–Trinajstić information content (AvgIpc) is 3.27. The summed E-state index contributed by atoms with van der Waals surface area (Å²) < 4.78 is 1.79. The largest absolute Gasteiger partial charge is 0.391 e. The minimum atomic E-state index is -0.909. The zero-order chi connectivity index (χ0) is 19.8. The fourth-order valence-corrected chi connectivity index (χ4v) is 4.05. The number of nitrogens with one attached hydrogen (secondary N) is 2. The van der Waals surface area contributed by atoms with E-state index >= 15 is 0 Å². The van der Waals surface area contributed by atoms with E-state index in [1.54, 1.807) is 9.58 Å². The summed E-state index contributed by atoms with van der Waals surface area (Å²) in [5.41, 5.74) is 3.04. The van der Waals surface area contributed by atoms with Crippen LogP contribution in [0.15, 0.2) is 36.5 Å². The van der Waals surface area contributed by atoms with Crippen molar-refractivity contribution in [2.75, 3.05) is 6.54 Å². The predicted octanol–water partition coefficient (Wildman–Crippen LogP) is 0.0254. The molecule has 148 valence electrons. The number of aromatic nitrogens is 2. The predicted molar refractivity (Wildman–Crippen MR) is 103 cm³/mol. The number of rotatable bonds is 5. The van der Waals surface area contributed by atoms with E-state index in [2.05, 4.69) is 15.7 Å². The van der Waals surface area contributed by atoms with Crippen LogP contribution >= 0.6 is 0 Å². The molecule has 0 bridgehead atoms. The second-order valence-corrected chi connectivity index (χ2v) is 7.59. The Morgan fingerprint density at radius 2 is 2.07 bits per heavy atom. The molecule has 0 unspecified atom stereocenters. The van der Waals surface area contributed by atoms with Gasteiger partial charge in [0.15, 0.2) is 0 Å². The SMILES string of the molecule is C[C@@H](O)[C@@H]1NC(=O)[C@@H]2C[C@H](NCc3cn(C)nc3-c3ccccc3)CN2C1=O.